The van der Waals surface area contributed by atoms with Gasteiger partial charge in [0, 0.05) is 37.9 Å². The van der Waals surface area contributed by atoms with Crippen LogP contribution in [0.4, 0.5) is 5.82 Å². The zero-order chi connectivity index (χ0) is 16.2. The van der Waals surface area contributed by atoms with Gasteiger partial charge in [0.1, 0.15) is 5.82 Å². The fraction of sp³-hybridized carbons (Fsp3) is 0.688. The van der Waals surface area contributed by atoms with Gasteiger partial charge in [-0.1, -0.05) is 13.8 Å². The Labute approximate surface area is 132 Å². The van der Waals surface area contributed by atoms with Crippen molar-refractivity contribution in [2.45, 2.75) is 39.2 Å². The van der Waals surface area contributed by atoms with Crippen LogP contribution < -0.4 is 16.0 Å². The molecule has 0 aromatic carbocycles. The summed E-state index contributed by atoms with van der Waals surface area (Å²) in [5.41, 5.74) is 5.51. The number of nitrogens with two attached hydrogens (primary N) is 1. The summed E-state index contributed by atoms with van der Waals surface area (Å²) >= 11 is 0. The first-order valence-corrected chi connectivity index (χ1v) is 7.99. The third-order valence-electron chi connectivity index (χ3n) is 4.85. The van der Waals surface area contributed by atoms with E-state index in [9.17, 15) is 4.79 Å². The van der Waals surface area contributed by atoms with E-state index in [1.54, 1.807) is 18.6 Å². The van der Waals surface area contributed by atoms with Gasteiger partial charge in [0.25, 0.3) is 0 Å². The summed E-state index contributed by atoms with van der Waals surface area (Å²) in [6.45, 7) is 8.31. The number of carbonyl (C=O) groups excluding carboxylic acids is 1. The molecule has 1 saturated heterocycles. The molecule has 1 aromatic heterocycles. The number of nitrogens with one attached hydrogen (secondary N) is 1. The molecule has 1 fully saturated rings. The molecular weight excluding hydrogens is 278 g/mol. The maximum Gasteiger partial charge on any atom is 0.223 e. The molecule has 3 N–H and O–H groups in total. The summed E-state index contributed by atoms with van der Waals surface area (Å²) < 4.78 is 0. The topological polar surface area (TPSA) is 84.1 Å². The number of anilines is 1. The lowest BCUT2D eigenvalue weighted by Gasteiger charge is -2.37. The van der Waals surface area contributed by atoms with E-state index < -0.39 is 0 Å². The van der Waals surface area contributed by atoms with Crippen LogP contribution in [0.5, 0.6) is 0 Å². The molecule has 2 rings (SSSR count). The second kappa shape index (κ2) is 7.05. The molecule has 1 aromatic rings. The van der Waals surface area contributed by atoms with Crippen molar-refractivity contribution in [3.05, 3.63) is 18.6 Å². The standard InChI is InChI=1S/C16H27N5O/c1-12(2)16(3,11-17)20-15(22)13-4-8-21(9-5-13)14-10-18-6-7-19-14/h6-7,10,12-13H,4-5,8-9,11,17H2,1-3H3,(H,20,22). The molecule has 0 radical (unpaired) electrons. The third kappa shape index (κ3) is 3.74. The predicted molar refractivity (Wildman–Crippen MR) is 87.4 cm³/mol. The van der Waals surface area contributed by atoms with Gasteiger partial charge in [-0.25, -0.2) is 4.98 Å². The van der Waals surface area contributed by atoms with Gasteiger partial charge in [-0.2, -0.15) is 0 Å². The zero-order valence-corrected chi connectivity index (χ0v) is 13.7. The first-order valence-electron chi connectivity index (χ1n) is 7.99. The molecule has 6 heteroatoms. The smallest absolute Gasteiger partial charge is 0.223 e. The average molecular weight is 305 g/mol. The minimum Gasteiger partial charge on any atom is -0.355 e. The highest BCUT2D eigenvalue weighted by molar-refractivity contribution is 5.79. The van der Waals surface area contributed by atoms with Crippen molar-refractivity contribution < 1.29 is 4.79 Å². The van der Waals surface area contributed by atoms with Crippen LogP contribution in [-0.2, 0) is 4.79 Å². The Hall–Kier alpha value is -1.69. The Bertz CT molecular complexity index is 485. The number of aromatic nitrogens is 2. The van der Waals surface area contributed by atoms with E-state index in [4.69, 9.17) is 5.73 Å². The Morgan fingerprint density at radius 3 is 2.64 bits per heavy atom. The molecule has 122 valence electrons. The van der Waals surface area contributed by atoms with Crippen LogP contribution in [0.1, 0.15) is 33.6 Å². The Morgan fingerprint density at radius 1 is 1.45 bits per heavy atom. The number of rotatable bonds is 5. The van der Waals surface area contributed by atoms with Gasteiger partial charge in [-0.05, 0) is 25.7 Å². The van der Waals surface area contributed by atoms with E-state index in [0.717, 1.165) is 31.7 Å². The molecule has 2 heterocycles. The molecule has 6 nitrogen and oxygen atoms in total. The highest BCUT2D eigenvalue weighted by Gasteiger charge is 2.33. The molecule has 1 atom stereocenters. The lowest BCUT2D eigenvalue weighted by atomic mass is 9.86. The second-order valence-electron chi connectivity index (χ2n) is 6.59. The van der Waals surface area contributed by atoms with Crippen molar-refractivity contribution in [1.82, 2.24) is 15.3 Å². The predicted octanol–water partition coefficient (Wildman–Crippen LogP) is 1.18. The van der Waals surface area contributed by atoms with Crippen molar-refractivity contribution in [1.29, 1.82) is 0 Å². The monoisotopic (exact) mass is 305 g/mol. The molecule has 0 aliphatic carbocycles. The average Bonchev–Trinajstić information content (AvgIpc) is 2.55. The van der Waals surface area contributed by atoms with E-state index in [0.29, 0.717) is 12.5 Å². The van der Waals surface area contributed by atoms with Gasteiger partial charge in [-0.15, -0.1) is 0 Å². The molecule has 0 saturated carbocycles. The second-order valence-corrected chi connectivity index (χ2v) is 6.59. The zero-order valence-electron chi connectivity index (χ0n) is 13.7. The SMILES string of the molecule is CC(C)C(C)(CN)NC(=O)C1CCN(c2cnccn2)CC1. The summed E-state index contributed by atoms with van der Waals surface area (Å²) in [6, 6.07) is 0. The lowest BCUT2D eigenvalue weighted by molar-refractivity contribution is -0.127. The van der Waals surface area contributed by atoms with E-state index >= 15 is 0 Å². The molecule has 1 amide bonds. The summed E-state index contributed by atoms with van der Waals surface area (Å²) in [6.07, 6.45) is 6.81. The van der Waals surface area contributed by atoms with Gasteiger partial charge in [-0.3, -0.25) is 9.78 Å². The molecule has 1 aliphatic rings. The number of amides is 1. The highest BCUT2D eigenvalue weighted by Crippen LogP contribution is 2.23. The number of hydrogen-bond donors (Lipinski definition) is 2. The summed E-state index contributed by atoms with van der Waals surface area (Å²) in [7, 11) is 0. The number of nitrogens with zero attached hydrogens (tertiary/aromatic N) is 3. The fourth-order valence-corrected chi connectivity index (χ4v) is 2.64. The molecule has 22 heavy (non-hydrogen) atoms. The lowest BCUT2D eigenvalue weighted by Crippen LogP contribution is -2.57. The van der Waals surface area contributed by atoms with Gasteiger partial charge < -0.3 is 16.0 Å². The number of carbonyl (C=O) groups is 1. The van der Waals surface area contributed by atoms with Gasteiger partial charge in [0.15, 0.2) is 0 Å². The van der Waals surface area contributed by atoms with Crippen LogP contribution in [0.15, 0.2) is 18.6 Å². The van der Waals surface area contributed by atoms with Gasteiger partial charge in [0.2, 0.25) is 5.91 Å². The Morgan fingerprint density at radius 2 is 2.14 bits per heavy atom. The Kier molecular flexibility index (Phi) is 5.34. The maximum atomic E-state index is 12.5. The quantitative estimate of drug-likeness (QED) is 0.853. The number of hydrogen-bond acceptors (Lipinski definition) is 5. The highest BCUT2D eigenvalue weighted by atomic mass is 16.2. The molecule has 0 spiro atoms. The number of piperidine rings is 1. The van der Waals surface area contributed by atoms with Crippen LogP contribution in [0.25, 0.3) is 0 Å². The minimum absolute atomic E-state index is 0.0533. The van der Waals surface area contributed by atoms with Crippen molar-refractivity contribution in [3.63, 3.8) is 0 Å². The van der Waals surface area contributed by atoms with Crippen molar-refractivity contribution in [3.8, 4) is 0 Å². The summed E-state index contributed by atoms with van der Waals surface area (Å²) in [4.78, 5) is 23.1. The van der Waals surface area contributed by atoms with Crippen molar-refractivity contribution in [2.24, 2.45) is 17.6 Å². The maximum absolute atomic E-state index is 12.5. The van der Waals surface area contributed by atoms with E-state index in [1.807, 2.05) is 6.92 Å². The van der Waals surface area contributed by atoms with Crippen LogP contribution in [0.2, 0.25) is 0 Å². The normalized spacial score (nSPS) is 19.0. The summed E-state index contributed by atoms with van der Waals surface area (Å²) in [5, 5.41) is 3.16. The van der Waals surface area contributed by atoms with Crippen LogP contribution in [0, 0.1) is 11.8 Å². The van der Waals surface area contributed by atoms with E-state index in [2.05, 4.69) is 34.0 Å². The molecular formula is C16H27N5O. The fourth-order valence-electron chi connectivity index (χ4n) is 2.64. The van der Waals surface area contributed by atoms with Crippen LogP contribution in [0.3, 0.4) is 0 Å². The van der Waals surface area contributed by atoms with Crippen LogP contribution >= 0.6 is 0 Å². The molecule has 1 aliphatic heterocycles. The largest absolute Gasteiger partial charge is 0.355 e. The molecule has 0 bridgehead atoms. The minimum atomic E-state index is -0.334. The van der Waals surface area contributed by atoms with Gasteiger partial charge in [0.05, 0.1) is 11.7 Å². The third-order valence-corrected chi connectivity index (χ3v) is 4.85. The molecule has 1 unspecified atom stereocenters. The summed E-state index contributed by atoms with van der Waals surface area (Å²) in [5.74, 6) is 1.37. The van der Waals surface area contributed by atoms with Crippen LogP contribution in [-0.4, -0.2) is 41.0 Å². The van der Waals surface area contributed by atoms with E-state index in [1.165, 1.54) is 0 Å². The Balaban J connectivity index is 1.90. The van der Waals surface area contributed by atoms with Crippen molar-refractivity contribution >= 4 is 11.7 Å². The van der Waals surface area contributed by atoms with Crippen molar-refractivity contribution in [2.75, 3.05) is 24.5 Å². The first-order chi connectivity index (χ1) is 10.5. The first kappa shape index (κ1) is 16.7. The van der Waals surface area contributed by atoms with Gasteiger partial charge >= 0.3 is 0 Å². The van der Waals surface area contributed by atoms with E-state index in [-0.39, 0.29) is 17.4 Å².